The predicted octanol–water partition coefficient (Wildman–Crippen LogP) is 1.11. The average molecular weight is 364 g/mol. The summed E-state index contributed by atoms with van der Waals surface area (Å²) in [5.41, 5.74) is 1.83. The highest BCUT2D eigenvalue weighted by Gasteiger charge is 2.19. The molecule has 0 radical (unpaired) electrons. The number of aromatic nitrogens is 3. The van der Waals surface area contributed by atoms with Crippen LogP contribution >= 0.6 is 0 Å². The number of rotatable bonds is 5. The van der Waals surface area contributed by atoms with Gasteiger partial charge in [-0.2, -0.15) is 0 Å². The fourth-order valence-electron chi connectivity index (χ4n) is 3.10. The molecule has 140 valence electrons. The standard InChI is InChI=1S/C20H24N6O/c1-3-7-22-19(27)15-25-9-5-10-26(12-11-25)18-13-16(2)23-20(24-18)17-6-4-8-21-14-17/h1,4,6,8,13-14H,5,7,9-12,15H2,2H3,(H,22,27). The molecule has 1 saturated heterocycles. The molecule has 3 heterocycles. The molecular weight excluding hydrogens is 340 g/mol. The lowest BCUT2D eigenvalue weighted by molar-refractivity contribution is -0.121. The summed E-state index contributed by atoms with van der Waals surface area (Å²) in [6, 6.07) is 5.86. The highest BCUT2D eigenvalue weighted by molar-refractivity contribution is 5.78. The van der Waals surface area contributed by atoms with E-state index in [9.17, 15) is 4.79 Å². The second kappa shape index (κ2) is 9.10. The molecule has 1 N–H and O–H groups in total. The molecule has 7 nitrogen and oxygen atoms in total. The van der Waals surface area contributed by atoms with Gasteiger partial charge in [-0.25, -0.2) is 9.97 Å². The van der Waals surface area contributed by atoms with E-state index in [1.165, 1.54) is 0 Å². The Kier molecular flexibility index (Phi) is 6.34. The van der Waals surface area contributed by atoms with Crippen LogP contribution in [0.15, 0.2) is 30.6 Å². The van der Waals surface area contributed by atoms with Crippen molar-refractivity contribution in [2.45, 2.75) is 13.3 Å². The number of nitrogens with zero attached hydrogens (tertiary/aromatic N) is 5. The molecule has 2 aromatic heterocycles. The molecule has 0 bridgehead atoms. The van der Waals surface area contributed by atoms with E-state index in [4.69, 9.17) is 11.4 Å². The topological polar surface area (TPSA) is 74.2 Å². The number of pyridine rings is 1. The number of terminal acetylenes is 1. The lowest BCUT2D eigenvalue weighted by Gasteiger charge is -2.23. The normalized spacial score (nSPS) is 15.0. The third kappa shape index (κ3) is 5.25. The Morgan fingerprint density at radius 1 is 1.30 bits per heavy atom. The number of amides is 1. The highest BCUT2D eigenvalue weighted by Crippen LogP contribution is 2.20. The van der Waals surface area contributed by atoms with E-state index >= 15 is 0 Å². The molecule has 1 amide bonds. The first-order valence-electron chi connectivity index (χ1n) is 9.09. The SMILES string of the molecule is C#CCNC(=O)CN1CCCN(c2cc(C)nc(-c3cccnc3)n2)CC1. The molecule has 7 heteroatoms. The molecule has 0 atom stereocenters. The van der Waals surface area contributed by atoms with Crippen molar-refractivity contribution in [3.63, 3.8) is 0 Å². The summed E-state index contributed by atoms with van der Waals surface area (Å²) in [5.74, 6) is 4.00. The zero-order valence-corrected chi connectivity index (χ0v) is 15.6. The van der Waals surface area contributed by atoms with Gasteiger partial charge < -0.3 is 10.2 Å². The average Bonchev–Trinajstić information content (AvgIpc) is 2.92. The fourth-order valence-corrected chi connectivity index (χ4v) is 3.10. The third-order valence-corrected chi connectivity index (χ3v) is 4.43. The Balaban J connectivity index is 1.68. The van der Waals surface area contributed by atoms with E-state index in [0.717, 1.165) is 49.7 Å². The maximum atomic E-state index is 11.9. The zero-order valence-electron chi connectivity index (χ0n) is 15.6. The molecule has 0 aliphatic carbocycles. The Labute approximate surface area is 159 Å². The van der Waals surface area contributed by atoms with Crippen molar-refractivity contribution in [3.05, 3.63) is 36.3 Å². The summed E-state index contributed by atoms with van der Waals surface area (Å²) in [5, 5.41) is 2.72. The lowest BCUT2D eigenvalue weighted by atomic mass is 10.2. The lowest BCUT2D eigenvalue weighted by Crippen LogP contribution is -2.39. The van der Waals surface area contributed by atoms with E-state index in [1.54, 1.807) is 12.4 Å². The maximum absolute atomic E-state index is 11.9. The van der Waals surface area contributed by atoms with Crippen LogP contribution in [0.25, 0.3) is 11.4 Å². The van der Waals surface area contributed by atoms with Crippen molar-refractivity contribution in [2.75, 3.05) is 44.2 Å². The van der Waals surface area contributed by atoms with Crippen LogP contribution in [0.5, 0.6) is 0 Å². The van der Waals surface area contributed by atoms with Gasteiger partial charge in [0.05, 0.1) is 13.1 Å². The van der Waals surface area contributed by atoms with E-state index in [2.05, 4.69) is 31.0 Å². The van der Waals surface area contributed by atoms with Gasteiger partial charge in [0.1, 0.15) is 5.82 Å². The fraction of sp³-hybridized carbons (Fsp3) is 0.400. The number of anilines is 1. The second-order valence-corrected chi connectivity index (χ2v) is 6.53. The van der Waals surface area contributed by atoms with Gasteiger partial charge >= 0.3 is 0 Å². The second-order valence-electron chi connectivity index (χ2n) is 6.53. The summed E-state index contributed by atoms with van der Waals surface area (Å²) in [4.78, 5) is 29.8. The predicted molar refractivity (Wildman–Crippen MR) is 105 cm³/mol. The Bertz CT molecular complexity index is 817. The molecule has 0 saturated carbocycles. The maximum Gasteiger partial charge on any atom is 0.234 e. The van der Waals surface area contributed by atoms with E-state index < -0.39 is 0 Å². The smallest absolute Gasteiger partial charge is 0.234 e. The molecule has 1 fully saturated rings. The molecule has 2 aromatic rings. The molecule has 1 aliphatic heterocycles. The Morgan fingerprint density at radius 2 is 2.19 bits per heavy atom. The van der Waals surface area contributed by atoms with Gasteiger partial charge in [0.2, 0.25) is 5.91 Å². The number of carbonyl (C=O) groups is 1. The minimum Gasteiger partial charge on any atom is -0.355 e. The minimum atomic E-state index is -0.0295. The summed E-state index contributed by atoms with van der Waals surface area (Å²) in [6.45, 7) is 6.01. The summed E-state index contributed by atoms with van der Waals surface area (Å²) < 4.78 is 0. The number of hydrogen-bond acceptors (Lipinski definition) is 6. The van der Waals surface area contributed by atoms with Crippen molar-refractivity contribution in [1.29, 1.82) is 0 Å². The first-order chi connectivity index (χ1) is 13.2. The first kappa shape index (κ1) is 18.8. The Hall–Kier alpha value is -2.98. The van der Waals surface area contributed by atoms with Gasteiger partial charge in [-0.3, -0.25) is 14.7 Å². The summed E-state index contributed by atoms with van der Waals surface area (Å²) >= 11 is 0. The first-order valence-corrected chi connectivity index (χ1v) is 9.09. The minimum absolute atomic E-state index is 0.0295. The third-order valence-electron chi connectivity index (χ3n) is 4.43. The van der Waals surface area contributed by atoms with Gasteiger partial charge in [0, 0.05) is 55.9 Å². The summed E-state index contributed by atoms with van der Waals surface area (Å²) in [6.07, 6.45) is 9.66. The number of nitrogens with one attached hydrogen (secondary N) is 1. The van der Waals surface area contributed by atoms with Crippen LogP contribution in [0, 0.1) is 19.3 Å². The van der Waals surface area contributed by atoms with Crippen molar-refractivity contribution in [2.24, 2.45) is 0 Å². The van der Waals surface area contributed by atoms with E-state index in [1.807, 2.05) is 25.1 Å². The quantitative estimate of drug-likeness (QED) is 0.801. The highest BCUT2D eigenvalue weighted by atomic mass is 16.2. The van der Waals surface area contributed by atoms with Crippen molar-refractivity contribution < 1.29 is 4.79 Å². The van der Waals surface area contributed by atoms with Crippen LogP contribution in [0.4, 0.5) is 5.82 Å². The van der Waals surface area contributed by atoms with Crippen molar-refractivity contribution in [3.8, 4) is 23.7 Å². The molecule has 1 aliphatic rings. The van der Waals surface area contributed by atoms with Crippen LogP contribution < -0.4 is 10.2 Å². The molecule has 3 rings (SSSR count). The van der Waals surface area contributed by atoms with Gasteiger partial charge in [-0.05, 0) is 25.5 Å². The van der Waals surface area contributed by atoms with Gasteiger partial charge in [-0.15, -0.1) is 6.42 Å². The molecular formula is C20H24N6O. The van der Waals surface area contributed by atoms with Crippen LogP contribution in [0.3, 0.4) is 0 Å². The van der Waals surface area contributed by atoms with Gasteiger partial charge in [0.15, 0.2) is 5.82 Å². The van der Waals surface area contributed by atoms with Crippen molar-refractivity contribution >= 4 is 11.7 Å². The van der Waals surface area contributed by atoms with Crippen LogP contribution in [0.2, 0.25) is 0 Å². The van der Waals surface area contributed by atoms with E-state index in [0.29, 0.717) is 12.4 Å². The van der Waals surface area contributed by atoms with Crippen LogP contribution in [-0.4, -0.2) is 65.0 Å². The van der Waals surface area contributed by atoms with Crippen LogP contribution in [-0.2, 0) is 4.79 Å². The largest absolute Gasteiger partial charge is 0.355 e. The molecule has 27 heavy (non-hydrogen) atoms. The zero-order chi connectivity index (χ0) is 19.1. The van der Waals surface area contributed by atoms with Crippen molar-refractivity contribution in [1.82, 2.24) is 25.2 Å². The van der Waals surface area contributed by atoms with Crippen LogP contribution in [0.1, 0.15) is 12.1 Å². The summed E-state index contributed by atoms with van der Waals surface area (Å²) in [7, 11) is 0. The van der Waals surface area contributed by atoms with Gasteiger partial charge in [0.25, 0.3) is 0 Å². The Morgan fingerprint density at radius 3 is 2.96 bits per heavy atom. The number of aryl methyl sites for hydroxylation is 1. The monoisotopic (exact) mass is 364 g/mol. The number of carbonyl (C=O) groups excluding carboxylic acids is 1. The molecule has 0 spiro atoms. The number of hydrogen-bond donors (Lipinski definition) is 1. The van der Waals surface area contributed by atoms with Gasteiger partial charge in [-0.1, -0.05) is 5.92 Å². The molecule has 0 unspecified atom stereocenters. The van der Waals surface area contributed by atoms with E-state index in [-0.39, 0.29) is 12.5 Å². The molecule has 0 aromatic carbocycles.